The van der Waals surface area contributed by atoms with E-state index in [-0.39, 0.29) is 5.41 Å². The number of rotatable bonds is 3. The fourth-order valence-electron chi connectivity index (χ4n) is 2.31. The number of nitrogens with zero attached hydrogens (tertiary/aromatic N) is 1. The number of amides is 1. The van der Waals surface area contributed by atoms with Gasteiger partial charge >= 0.3 is 0 Å². The van der Waals surface area contributed by atoms with Crippen LogP contribution >= 0.6 is 11.6 Å². The lowest BCUT2D eigenvalue weighted by atomic mass is 9.90. The lowest BCUT2D eigenvalue weighted by Gasteiger charge is -2.37. The third-order valence-corrected chi connectivity index (χ3v) is 3.29. The summed E-state index contributed by atoms with van der Waals surface area (Å²) in [5.74, 6) is 0.964. The second kappa shape index (κ2) is 5.90. The van der Waals surface area contributed by atoms with Crippen molar-refractivity contribution in [3.05, 3.63) is 0 Å². The fraction of sp³-hybridized carbons (Fsp3) is 0.923. The molecule has 1 aliphatic heterocycles. The van der Waals surface area contributed by atoms with Crippen LogP contribution in [0.4, 0.5) is 0 Å². The highest BCUT2D eigenvalue weighted by atomic mass is 35.5. The van der Waals surface area contributed by atoms with Crippen molar-refractivity contribution in [2.45, 2.75) is 58.9 Å². The maximum Gasteiger partial charge on any atom is 0.223 e. The summed E-state index contributed by atoms with van der Waals surface area (Å²) < 4.78 is 0. The third-order valence-electron chi connectivity index (χ3n) is 3.07. The van der Waals surface area contributed by atoms with Crippen molar-refractivity contribution in [2.75, 3.05) is 12.4 Å². The summed E-state index contributed by atoms with van der Waals surface area (Å²) in [6.07, 6.45) is 5.10. The molecule has 0 spiro atoms. The molecule has 1 unspecified atom stereocenters. The van der Waals surface area contributed by atoms with Gasteiger partial charge in [0.2, 0.25) is 5.91 Å². The molecule has 2 nitrogen and oxygen atoms in total. The van der Waals surface area contributed by atoms with Crippen LogP contribution in [0.3, 0.4) is 0 Å². The third kappa shape index (κ3) is 4.32. The molecule has 1 amide bonds. The summed E-state index contributed by atoms with van der Waals surface area (Å²) in [6.45, 7) is 7.28. The molecular formula is C13H24ClNO. The summed E-state index contributed by atoms with van der Waals surface area (Å²) in [6, 6.07) is 0.390. The minimum absolute atomic E-state index is 0.0834. The number of hydrogen-bond acceptors (Lipinski definition) is 1. The summed E-state index contributed by atoms with van der Waals surface area (Å²) in [5.41, 5.74) is 0.0834. The van der Waals surface area contributed by atoms with Gasteiger partial charge in [-0.1, -0.05) is 20.8 Å². The Morgan fingerprint density at radius 2 is 2.06 bits per heavy atom. The standard InChI is InChI=1S/C13H24ClNO/c1-13(2,3)10-12(16)15-9-5-4-6-11(15)7-8-14/h11H,4-10H2,1-3H3. The second-order valence-corrected chi connectivity index (χ2v) is 6.33. The largest absolute Gasteiger partial charge is 0.340 e. The first-order chi connectivity index (χ1) is 7.44. The monoisotopic (exact) mass is 245 g/mol. The molecule has 0 aromatic rings. The van der Waals surface area contributed by atoms with Crippen LogP contribution in [-0.2, 0) is 4.79 Å². The van der Waals surface area contributed by atoms with E-state index in [4.69, 9.17) is 11.6 Å². The number of carbonyl (C=O) groups excluding carboxylic acids is 1. The minimum atomic E-state index is 0.0834. The molecule has 0 bridgehead atoms. The normalized spacial score (nSPS) is 22.2. The van der Waals surface area contributed by atoms with E-state index < -0.39 is 0 Å². The topological polar surface area (TPSA) is 20.3 Å². The molecule has 1 rings (SSSR count). The van der Waals surface area contributed by atoms with Crippen LogP contribution in [0.15, 0.2) is 0 Å². The molecule has 0 aromatic carbocycles. The van der Waals surface area contributed by atoms with E-state index in [9.17, 15) is 4.79 Å². The maximum atomic E-state index is 12.2. The summed E-state index contributed by atoms with van der Waals surface area (Å²) in [5, 5.41) is 0. The zero-order valence-electron chi connectivity index (χ0n) is 10.8. The Morgan fingerprint density at radius 1 is 1.38 bits per heavy atom. The smallest absolute Gasteiger partial charge is 0.223 e. The lowest BCUT2D eigenvalue weighted by molar-refractivity contribution is -0.136. The second-order valence-electron chi connectivity index (χ2n) is 5.95. The average Bonchev–Trinajstić information content (AvgIpc) is 2.16. The van der Waals surface area contributed by atoms with Crippen LogP contribution in [0.1, 0.15) is 52.9 Å². The predicted molar refractivity (Wildman–Crippen MR) is 68.8 cm³/mol. The number of piperidine rings is 1. The first kappa shape index (κ1) is 13.8. The van der Waals surface area contributed by atoms with Crippen LogP contribution < -0.4 is 0 Å². The zero-order chi connectivity index (χ0) is 12.2. The molecule has 1 heterocycles. The van der Waals surface area contributed by atoms with Crippen molar-refractivity contribution >= 4 is 17.5 Å². The summed E-state index contributed by atoms with van der Waals surface area (Å²) >= 11 is 5.80. The Labute approximate surface area is 104 Å². The van der Waals surface area contributed by atoms with Gasteiger partial charge in [0.25, 0.3) is 0 Å². The average molecular weight is 246 g/mol. The molecule has 1 atom stereocenters. The SMILES string of the molecule is CC(C)(C)CC(=O)N1CCCCC1CCCl. The van der Waals surface area contributed by atoms with Gasteiger partial charge < -0.3 is 4.90 Å². The van der Waals surface area contributed by atoms with Crippen LogP contribution in [0.5, 0.6) is 0 Å². The Morgan fingerprint density at radius 3 is 2.62 bits per heavy atom. The van der Waals surface area contributed by atoms with Crippen molar-refractivity contribution in [1.82, 2.24) is 4.90 Å². The van der Waals surface area contributed by atoms with E-state index in [1.807, 2.05) is 0 Å². The number of likely N-dealkylation sites (tertiary alicyclic amines) is 1. The lowest BCUT2D eigenvalue weighted by Crippen LogP contribution is -2.45. The van der Waals surface area contributed by atoms with Gasteiger partial charge in [0, 0.05) is 24.9 Å². The number of carbonyl (C=O) groups is 1. The van der Waals surface area contributed by atoms with Gasteiger partial charge in [0.15, 0.2) is 0 Å². The van der Waals surface area contributed by atoms with Crippen molar-refractivity contribution in [3.8, 4) is 0 Å². The number of alkyl halides is 1. The van der Waals surface area contributed by atoms with Gasteiger partial charge in [-0.05, 0) is 31.1 Å². The van der Waals surface area contributed by atoms with E-state index in [1.165, 1.54) is 6.42 Å². The first-order valence-corrected chi connectivity index (χ1v) is 6.83. The quantitative estimate of drug-likeness (QED) is 0.698. The van der Waals surface area contributed by atoms with Gasteiger partial charge in [-0.3, -0.25) is 4.79 Å². The highest BCUT2D eigenvalue weighted by Crippen LogP contribution is 2.25. The molecule has 0 aromatic heterocycles. The summed E-state index contributed by atoms with van der Waals surface area (Å²) in [7, 11) is 0. The highest BCUT2D eigenvalue weighted by Gasteiger charge is 2.28. The molecular weight excluding hydrogens is 222 g/mol. The molecule has 16 heavy (non-hydrogen) atoms. The Kier molecular flexibility index (Phi) is 5.10. The van der Waals surface area contributed by atoms with Gasteiger partial charge in [0.05, 0.1) is 0 Å². The molecule has 0 radical (unpaired) electrons. The minimum Gasteiger partial charge on any atom is -0.340 e. The van der Waals surface area contributed by atoms with Gasteiger partial charge in [-0.2, -0.15) is 0 Å². The van der Waals surface area contributed by atoms with Crippen LogP contribution in [0, 0.1) is 5.41 Å². The van der Waals surface area contributed by atoms with Gasteiger partial charge in [-0.25, -0.2) is 0 Å². The Bertz CT molecular complexity index is 233. The fourth-order valence-corrected chi connectivity index (χ4v) is 2.56. The molecule has 3 heteroatoms. The van der Waals surface area contributed by atoms with Gasteiger partial charge in [-0.15, -0.1) is 11.6 Å². The van der Waals surface area contributed by atoms with Crippen molar-refractivity contribution in [2.24, 2.45) is 5.41 Å². The van der Waals surface area contributed by atoms with Crippen molar-refractivity contribution in [1.29, 1.82) is 0 Å². The maximum absolute atomic E-state index is 12.2. The van der Waals surface area contributed by atoms with Crippen LogP contribution in [0.25, 0.3) is 0 Å². The van der Waals surface area contributed by atoms with Crippen molar-refractivity contribution < 1.29 is 4.79 Å². The van der Waals surface area contributed by atoms with Crippen LogP contribution in [0.2, 0.25) is 0 Å². The first-order valence-electron chi connectivity index (χ1n) is 6.29. The Hall–Kier alpha value is -0.240. The zero-order valence-corrected chi connectivity index (χ0v) is 11.5. The molecule has 0 N–H and O–H groups in total. The van der Waals surface area contributed by atoms with E-state index >= 15 is 0 Å². The Balaban J connectivity index is 2.57. The van der Waals surface area contributed by atoms with E-state index in [2.05, 4.69) is 25.7 Å². The van der Waals surface area contributed by atoms with Crippen molar-refractivity contribution in [3.63, 3.8) is 0 Å². The molecule has 94 valence electrons. The summed E-state index contributed by atoms with van der Waals surface area (Å²) in [4.78, 5) is 14.2. The predicted octanol–water partition coefficient (Wildman–Crippen LogP) is 3.43. The molecule has 0 saturated carbocycles. The van der Waals surface area contributed by atoms with Crippen LogP contribution in [-0.4, -0.2) is 29.3 Å². The number of halogens is 1. The highest BCUT2D eigenvalue weighted by molar-refractivity contribution is 6.17. The number of hydrogen-bond donors (Lipinski definition) is 0. The molecule has 1 fully saturated rings. The van der Waals surface area contributed by atoms with Gasteiger partial charge in [0.1, 0.15) is 0 Å². The van der Waals surface area contributed by atoms with E-state index in [0.717, 1.165) is 25.8 Å². The molecule has 1 saturated heterocycles. The molecule has 0 aliphatic carbocycles. The van der Waals surface area contributed by atoms with E-state index in [1.54, 1.807) is 0 Å². The van der Waals surface area contributed by atoms with E-state index in [0.29, 0.717) is 24.2 Å². The molecule has 1 aliphatic rings.